The summed E-state index contributed by atoms with van der Waals surface area (Å²) < 4.78 is 27.5. The first-order valence-electron chi connectivity index (χ1n) is 6.68. The van der Waals surface area contributed by atoms with Crippen molar-refractivity contribution >= 4 is 21.4 Å². The number of aryl methyl sites for hydroxylation is 1. The number of anilines is 2. The molecule has 0 aliphatic carbocycles. The zero-order valence-corrected chi connectivity index (χ0v) is 12.8. The quantitative estimate of drug-likeness (QED) is 0.856. The second-order valence-electron chi connectivity index (χ2n) is 4.52. The molecule has 0 amide bonds. The van der Waals surface area contributed by atoms with Gasteiger partial charge in [0.1, 0.15) is 0 Å². The van der Waals surface area contributed by atoms with Crippen LogP contribution in [0, 0.1) is 6.92 Å². The van der Waals surface area contributed by atoms with Crippen molar-refractivity contribution in [1.29, 1.82) is 0 Å². The number of hydrogen-bond acceptors (Lipinski definition) is 5. The third-order valence-electron chi connectivity index (χ3n) is 2.84. The Kier molecular flexibility index (Phi) is 4.74. The molecule has 21 heavy (non-hydrogen) atoms. The van der Waals surface area contributed by atoms with Crippen LogP contribution in [0.3, 0.4) is 0 Å². The summed E-state index contributed by atoms with van der Waals surface area (Å²) in [5, 5.41) is 3.06. The average molecular weight is 306 g/mol. The van der Waals surface area contributed by atoms with E-state index in [1.54, 1.807) is 37.4 Å². The molecular weight excluding hydrogens is 288 g/mol. The predicted molar refractivity (Wildman–Crippen MR) is 82.8 cm³/mol. The number of sulfonamides is 1. The first kappa shape index (κ1) is 15.2. The Balaban J connectivity index is 2.34. The van der Waals surface area contributed by atoms with Crippen LogP contribution in [-0.2, 0) is 10.0 Å². The van der Waals surface area contributed by atoms with Crippen molar-refractivity contribution in [2.45, 2.75) is 25.3 Å². The second-order valence-corrected chi connectivity index (χ2v) is 6.12. The Bertz CT molecular complexity index is 716. The molecule has 2 rings (SSSR count). The molecule has 7 heteroatoms. The second kappa shape index (κ2) is 6.53. The zero-order valence-electron chi connectivity index (χ0n) is 12.0. The van der Waals surface area contributed by atoms with Crippen LogP contribution in [0.2, 0.25) is 0 Å². The lowest BCUT2D eigenvalue weighted by atomic mass is 10.3. The van der Waals surface area contributed by atoms with Crippen LogP contribution in [0.15, 0.2) is 41.7 Å². The molecule has 0 radical (unpaired) electrons. The highest BCUT2D eigenvalue weighted by atomic mass is 32.2. The SMILES string of the molecule is CCCNc1cccnc1S(=O)(=O)Nc1cccnc1C. The number of aromatic nitrogens is 2. The molecule has 0 atom stereocenters. The van der Waals surface area contributed by atoms with Gasteiger partial charge < -0.3 is 5.32 Å². The molecule has 0 saturated heterocycles. The van der Waals surface area contributed by atoms with Gasteiger partial charge in [0.05, 0.1) is 17.1 Å². The maximum Gasteiger partial charge on any atom is 0.281 e. The molecule has 2 heterocycles. The molecule has 112 valence electrons. The Morgan fingerprint density at radius 1 is 1.10 bits per heavy atom. The van der Waals surface area contributed by atoms with Gasteiger partial charge in [-0.25, -0.2) is 4.98 Å². The van der Waals surface area contributed by atoms with E-state index in [-0.39, 0.29) is 5.03 Å². The van der Waals surface area contributed by atoms with Crippen LogP contribution in [0.5, 0.6) is 0 Å². The molecule has 0 aromatic carbocycles. The minimum Gasteiger partial charge on any atom is -0.383 e. The summed E-state index contributed by atoms with van der Waals surface area (Å²) in [4.78, 5) is 8.06. The van der Waals surface area contributed by atoms with Crippen molar-refractivity contribution in [3.05, 3.63) is 42.4 Å². The summed E-state index contributed by atoms with van der Waals surface area (Å²) in [7, 11) is -3.76. The maximum absolute atomic E-state index is 12.5. The van der Waals surface area contributed by atoms with Gasteiger partial charge in [-0.1, -0.05) is 6.92 Å². The van der Waals surface area contributed by atoms with Crippen LogP contribution >= 0.6 is 0 Å². The first-order chi connectivity index (χ1) is 10.0. The number of hydrogen-bond donors (Lipinski definition) is 2. The van der Waals surface area contributed by atoms with Crippen LogP contribution in [0.1, 0.15) is 19.0 Å². The van der Waals surface area contributed by atoms with Gasteiger partial charge in [0, 0.05) is 18.9 Å². The van der Waals surface area contributed by atoms with Crippen molar-refractivity contribution in [3.8, 4) is 0 Å². The highest BCUT2D eigenvalue weighted by Gasteiger charge is 2.20. The third-order valence-corrected chi connectivity index (χ3v) is 4.17. The van der Waals surface area contributed by atoms with Gasteiger partial charge in [0.15, 0.2) is 5.03 Å². The zero-order chi connectivity index (χ0) is 15.3. The molecule has 0 unspecified atom stereocenters. The van der Waals surface area contributed by atoms with Crippen LogP contribution in [0.4, 0.5) is 11.4 Å². The van der Waals surface area contributed by atoms with E-state index in [9.17, 15) is 8.42 Å². The van der Waals surface area contributed by atoms with Crippen molar-refractivity contribution < 1.29 is 8.42 Å². The highest BCUT2D eigenvalue weighted by Crippen LogP contribution is 2.22. The number of rotatable bonds is 6. The van der Waals surface area contributed by atoms with Gasteiger partial charge >= 0.3 is 0 Å². The largest absolute Gasteiger partial charge is 0.383 e. The molecule has 0 bridgehead atoms. The van der Waals surface area contributed by atoms with Crippen molar-refractivity contribution in [3.63, 3.8) is 0 Å². The Morgan fingerprint density at radius 2 is 1.76 bits per heavy atom. The van der Waals surface area contributed by atoms with E-state index in [1.807, 2.05) is 6.92 Å². The van der Waals surface area contributed by atoms with E-state index in [4.69, 9.17) is 0 Å². The van der Waals surface area contributed by atoms with Crippen LogP contribution < -0.4 is 10.0 Å². The van der Waals surface area contributed by atoms with Gasteiger partial charge in [0.2, 0.25) is 0 Å². The van der Waals surface area contributed by atoms with E-state index in [1.165, 1.54) is 6.20 Å². The van der Waals surface area contributed by atoms with Crippen molar-refractivity contribution in [2.24, 2.45) is 0 Å². The smallest absolute Gasteiger partial charge is 0.281 e. The number of nitrogens with zero attached hydrogens (tertiary/aromatic N) is 2. The van der Waals surface area contributed by atoms with Crippen LogP contribution in [-0.4, -0.2) is 24.9 Å². The molecule has 0 aliphatic rings. The highest BCUT2D eigenvalue weighted by molar-refractivity contribution is 7.92. The summed E-state index contributed by atoms with van der Waals surface area (Å²) in [6, 6.07) is 6.75. The van der Waals surface area contributed by atoms with Crippen LogP contribution in [0.25, 0.3) is 0 Å². The van der Waals surface area contributed by atoms with E-state index in [0.717, 1.165) is 6.42 Å². The van der Waals surface area contributed by atoms with E-state index < -0.39 is 10.0 Å². The fourth-order valence-electron chi connectivity index (χ4n) is 1.78. The lowest BCUT2D eigenvalue weighted by Gasteiger charge is -2.13. The maximum atomic E-state index is 12.5. The number of nitrogens with one attached hydrogen (secondary N) is 2. The summed E-state index contributed by atoms with van der Waals surface area (Å²) in [6.45, 7) is 4.43. The monoisotopic (exact) mass is 306 g/mol. The molecule has 2 aromatic heterocycles. The third kappa shape index (κ3) is 3.69. The Labute approximate surface area is 124 Å². The van der Waals surface area contributed by atoms with E-state index in [2.05, 4.69) is 20.0 Å². The number of pyridine rings is 2. The fraction of sp³-hybridized carbons (Fsp3) is 0.286. The molecule has 0 saturated carbocycles. The van der Waals surface area contributed by atoms with Gasteiger partial charge in [-0.3, -0.25) is 9.71 Å². The lowest BCUT2D eigenvalue weighted by Crippen LogP contribution is -2.18. The lowest BCUT2D eigenvalue weighted by molar-refractivity contribution is 0.598. The molecule has 2 N–H and O–H groups in total. The molecule has 6 nitrogen and oxygen atoms in total. The molecule has 0 spiro atoms. The molecule has 2 aromatic rings. The van der Waals surface area contributed by atoms with E-state index in [0.29, 0.717) is 23.6 Å². The topological polar surface area (TPSA) is 84.0 Å². The summed E-state index contributed by atoms with van der Waals surface area (Å²) >= 11 is 0. The molecular formula is C14H18N4O2S. The molecule has 0 fully saturated rings. The van der Waals surface area contributed by atoms with Gasteiger partial charge in [-0.2, -0.15) is 8.42 Å². The molecule has 0 aliphatic heterocycles. The predicted octanol–water partition coefficient (Wildman–Crippen LogP) is 2.41. The van der Waals surface area contributed by atoms with Crippen molar-refractivity contribution in [2.75, 3.05) is 16.6 Å². The minimum atomic E-state index is -3.76. The first-order valence-corrected chi connectivity index (χ1v) is 8.16. The van der Waals surface area contributed by atoms with Gasteiger partial charge in [-0.05, 0) is 37.6 Å². The standard InChI is InChI=1S/C14H18N4O2S/c1-3-8-16-13-7-5-10-17-14(13)21(19,20)18-12-6-4-9-15-11(12)2/h4-7,9-10,16,18H,3,8H2,1-2H3. The van der Waals surface area contributed by atoms with Gasteiger partial charge in [-0.15, -0.1) is 0 Å². The average Bonchev–Trinajstić information content (AvgIpc) is 2.47. The summed E-state index contributed by atoms with van der Waals surface area (Å²) in [5.74, 6) is 0. The Morgan fingerprint density at radius 3 is 2.43 bits per heavy atom. The Hall–Kier alpha value is -2.15. The normalized spacial score (nSPS) is 11.1. The van der Waals surface area contributed by atoms with Crippen molar-refractivity contribution in [1.82, 2.24) is 9.97 Å². The minimum absolute atomic E-state index is 0.0123. The van der Waals surface area contributed by atoms with E-state index >= 15 is 0 Å². The fourth-order valence-corrected chi connectivity index (χ4v) is 3.02. The van der Waals surface area contributed by atoms with Gasteiger partial charge in [0.25, 0.3) is 10.0 Å². The summed E-state index contributed by atoms with van der Waals surface area (Å²) in [6.07, 6.45) is 3.97. The summed E-state index contributed by atoms with van der Waals surface area (Å²) in [5.41, 5.74) is 1.55.